The van der Waals surface area contributed by atoms with Crippen LogP contribution in [-0.4, -0.2) is 54.8 Å². The monoisotopic (exact) mass is 417 g/mol. The molecule has 0 radical (unpaired) electrons. The number of fused-ring (bicyclic) bond motifs is 4. The summed E-state index contributed by atoms with van der Waals surface area (Å²) in [6.45, 7) is 5.41. The van der Waals surface area contributed by atoms with Crippen molar-refractivity contribution >= 4 is 16.9 Å². The van der Waals surface area contributed by atoms with Crippen LogP contribution in [0.3, 0.4) is 0 Å². The van der Waals surface area contributed by atoms with Crippen LogP contribution in [0.2, 0.25) is 0 Å². The summed E-state index contributed by atoms with van der Waals surface area (Å²) >= 11 is 0. The summed E-state index contributed by atoms with van der Waals surface area (Å²) in [7, 11) is 1.46. The lowest BCUT2D eigenvalue weighted by Gasteiger charge is -2.45. The number of nitrogens with one attached hydrogen (secondary N) is 1. The molecule has 3 fully saturated rings. The first kappa shape index (κ1) is 20.3. The maximum absolute atomic E-state index is 12.5. The van der Waals surface area contributed by atoms with Gasteiger partial charge in [0.1, 0.15) is 0 Å². The molecule has 0 saturated carbocycles. The molecule has 6 rings (SSSR count). The fourth-order valence-electron chi connectivity index (χ4n) is 5.41. The molecular weight excluding hydrogens is 386 g/mol. The second-order valence-corrected chi connectivity index (χ2v) is 8.91. The van der Waals surface area contributed by atoms with Gasteiger partial charge in [-0.25, -0.2) is 4.79 Å². The molecule has 0 spiro atoms. The predicted octanol–water partition coefficient (Wildman–Crippen LogP) is 3.70. The number of piperidine rings is 3. The molecule has 31 heavy (non-hydrogen) atoms. The molecule has 3 aliphatic heterocycles. The topological polar surface area (TPSA) is 46.5 Å². The van der Waals surface area contributed by atoms with Gasteiger partial charge in [-0.1, -0.05) is 36.4 Å². The van der Waals surface area contributed by atoms with Gasteiger partial charge < -0.3 is 19.5 Å². The molecular formula is C26H31N3O2. The number of carbonyl (C=O) groups excluding carboxylic acids is 1. The molecule has 2 aromatic carbocycles. The zero-order chi connectivity index (χ0) is 21.2. The predicted molar refractivity (Wildman–Crippen MR) is 123 cm³/mol. The van der Waals surface area contributed by atoms with E-state index >= 15 is 0 Å². The van der Waals surface area contributed by atoms with Gasteiger partial charge in [-0.2, -0.15) is 0 Å². The molecule has 3 saturated heterocycles. The number of esters is 1. The van der Waals surface area contributed by atoms with Crippen molar-refractivity contribution in [3.8, 4) is 0 Å². The van der Waals surface area contributed by atoms with E-state index in [0.717, 1.165) is 36.3 Å². The van der Waals surface area contributed by atoms with Gasteiger partial charge >= 0.3 is 5.97 Å². The lowest BCUT2D eigenvalue weighted by Crippen LogP contribution is -2.56. The molecule has 1 atom stereocenters. The summed E-state index contributed by atoms with van der Waals surface area (Å²) in [6.07, 6.45) is 5.76. The van der Waals surface area contributed by atoms with Gasteiger partial charge in [0, 0.05) is 36.2 Å². The number of carbonyl (C=O) groups is 1. The van der Waals surface area contributed by atoms with E-state index in [2.05, 4.69) is 51.3 Å². The van der Waals surface area contributed by atoms with Gasteiger partial charge in [-0.15, -0.1) is 0 Å². The third kappa shape index (κ3) is 4.12. The van der Waals surface area contributed by atoms with Crippen molar-refractivity contribution in [2.24, 2.45) is 5.92 Å². The molecule has 3 aliphatic rings. The Bertz CT molecular complexity index is 1050. The number of nitrogens with zero attached hydrogens (tertiary/aromatic N) is 2. The van der Waals surface area contributed by atoms with E-state index in [-0.39, 0.29) is 5.97 Å². The zero-order valence-electron chi connectivity index (χ0n) is 18.2. The first-order valence-electron chi connectivity index (χ1n) is 11.4. The van der Waals surface area contributed by atoms with Crippen LogP contribution >= 0.6 is 0 Å². The summed E-state index contributed by atoms with van der Waals surface area (Å²) in [5, 5.41) is 4.85. The van der Waals surface area contributed by atoms with E-state index in [4.69, 9.17) is 4.74 Å². The van der Waals surface area contributed by atoms with Crippen molar-refractivity contribution in [3.63, 3.8) is 0 Å². The van der Waals surface area contributed by atoms with Gasteiger partial charge in [0.05, 0.1) is 12.7 Å². The zero-order valence-corrected chi connectivity index (χ0v) is 18.2. The third-order valence-electron chi connectivity index (χ3n) is 7.04. The summed E-state index contributed by atoms with van der Waals surface area (Å²) < 4.78 is 7.36. The highest BCUT2D eigenvalue weighted by Crippen LogP contribution is 2.29. The van der Waals surface area contributed by atoms with Crippen LogP contribution in [0.4, 0.5) is 0 Å². The van der Waals surface area contributed by atoms with Crippen molar-refractivity contribution in [3.05, 3.63) is 71.4 Å². The van der Waals surface area contributed by atoms with Crippen molar-refractivity contribution in [2.45, 2.75) is 31.8 Å². The Balaban J connectivity index is 1.41. The van der Waals surface area contributed by atoms with Gasteiger partial charge in [0.25, 0.3) is 0 Å². The van der Waals surface area contributed by atoms with Crippen molar-refractivity contribution in [1.82, 2.24) is 14.8 Å². The molecule has 1 aromatic heterocycles. The quantitative estimate of drug-likeness (QED) is 0.596. The smallest absolute Gasteiger partial charge is 0.338 e. The number of aromatic nitrogens is 1. The summed E-state index contributed by atoms with van der Waals surface area (Å²) in [4.78, 5) is 15.1. The molecule has 3 aromatic rings. The Morgan fingerprint density at radius 1 is 1.10 bits per heavy atom. The second kappa shape index (κ2) is 8.85. The van der Waals surface area contributed by atoms with Crippen molar-refractivity contribution < 1.29 is 9.53 Å². The lowest BCUT2D eigenvalue weighted by molar-refractivity contribution is 0.0603. The SMILES string of the molecule is COC(=O)c1cccc2c1c(CCNC1CN3CCC1CC3)cn2Cc1ccccc1. The summed E-state index contributed by atoms with van der Waals surface area (Å²) in [6, 6.07) is 17.0. The molecule has 5 nitrogen and oxygen atoms in total. The molecule has 2 bridgehead atoms. The Hall–Kier alpha value is -2.63. The van der Waals surface area contributed by atoms with Crippen LogP contribution in [-0.2, 0) is 17.7 Å². The van der Waals surface area contributed by atoms with Crippen LogP contribution in [0.15, 0.2) is 54.7 Å². The average molecular weight is 418 g/mol. The fraction of sp³-hybridized carbons (Fsp3) is 0.423. The van der Waals surface area contributed by atoms with Gasteiger partial charge in [-0.05, 0) is 68.1 Å². The number of hydrogen-bond donors (Lipinski definition) is 1. The summed E-state index contributed by atoms with van der Waals surface area (Å²) in [5.41, 5.74) is 4.20. The Morgan fingerprint density at radius 2 is 1.90 bits per heavy atom. The molecule has 1 N–H and O–H groups in total. The number of methoxy groups -OCH3 is 1. The molecule has 162 valence electrons. The Labute approximate surface area is 184 Å². The Morgan fingerprint density at radius 3 is 2.61 bits per heavy atom. The normalized spacial score (nSPS) is 22.7. The first-order chi connectivity index (χ1) is 15.2. The minimum absolute atomic E-state index is 0.269. The highest BCUT2D eigenvalue weighted by molar-refractivity contribution is 6.05. The van der Waals surface area contributed by atoms with Crippen LogP contribution in [0.5, 0.6) is 0 Å². The van der Waals surface area contributed by atoms with Crippen LogP contribution in [0, 0.1) is 5.92 Å². The summed E-state index contributed by atoms with van der Waals surface area (Å²) in [5.74, 6) is 0.546. The van der Waals surface area contributed by atoms with E-state index in [1.807, 2.05) is 18.2 Å². The average Bonchev–Trinajstić information content (AvgIpc) is 3.17. The number of ether oxygens (including phenoxy) is 1. The van der Waals surface area contributed by atoms with E-state index in [1.165, 1.54) is 50.7 Å². The molecule has 0 aliphatic carbocycles. The van der Waals surface area contributed by atoms with E-state index in [1.54, 1.807) is 0 Å². The lowest BCUT2D eigenvalue weighted by atomic mass is 9.84. The molecule has 1 unspecified atom stereocenters. The number of benzene rings is 2. The van der Waals surface area contributed by atoms with Gasteiger partial charge in [-0.3, -0.25) is 0 Å². The van der Waals surface area contributed by atoms with E-state index in [0.29, 0.717) is 11.6 Å². The maximum Gasteiger partial charge on any atom is 0.338 e. The largest absolute Gasteiger partial charge is 0.465 e. The fourth-order valence-corrected chi connectivity index (χ4v) is 5.41. The highest BCUT2D eigenvalue weighted by atomic mass is 16.5. The molecule has 0 amide bonds. The molecule has 4 heterocycles. The maximum atomic E-state index is 12.5. The van der Waals surface area contributed by atoms with E-state index < -0.39 is 0 Å². The Kier molecular flexibility index (Phi) is 5.79. The highest BCUT2D eigenvalue weighted by Gasteiger charge is 2.33. The van der Waals surface area contributed by atoms with Crippen LogP contribution in [0.1, 0.15) is 34.3 Å². The third-order valence-corrected chi connectivity index (χ3v) is 7.04. The van der Waals surface area contributed by atoms with Crippen LogP contribution < -0.4 is 5.32 Å². The van der Waals surface area contributed by atoms with Crippen molar-refractivity contribution in [2.75, 3.05) is 33.3 Å². The molecule has 5 heteroatoms. The standard InChI is InChI=1S/C26H31N3O2/c1-31-26(30)22-8-5-9-24-25(22)21(17-29(24)16-19-6-3-2-4-7-19)10-13-27-23-18-28-14-11-20(23)12-15-28/h2-9,17,20,23,27H,10-16,18H2,1H3. The first-order valence-corrected chi connectivity index (χ1v) is 11.4. The van der Waals surface area contributed by atoms with Gasteiger partial charge in [0.2, 0.25) is 0 Å². The number of hydrogen-bond acceptors (Lipinski definition) is 4. The van der Waals surface area contributed by atoms with Gasteiger partial charge in [0.15, 0.2) is 0 Å². The minimum Gasteiger partial charge on any atom is -0.465 e. The van der Waals surface area contributed by atoms with Crippen molar-refractivity contribution in [1.29, 1.82) is 0 Å². The number of rotatable bonds is 7. The van der Waals surface area contributed by atoms with E-state index in [9.17, 15) is 4.79 Å². The van der Waals surface area contributed by atoms with Crippen LogP contribution in [0.25, 0.3) is 10.9 Å². The minimum atomic E-state index is -0.269. The second-order valence-electron chi connectivity index (χ2n) is 8.91.